The number of hydrogen-bond acceptors (Lipinski definition) is 4. The first kappa shape index (κ1) is 12.9. The highest BCUT2D eigenvalue weighted by molar-refractivity contribution is 6.00. The van der Waals surface area contributed by atoms with Crippen molar-refractivity contribution in [1.29, 1.82) is 0 Å². The fraction of sp³-hybridized carbons (Fsp3) is 0.429. The molecule has 106 valence electrons. The summed E-state index contributed by atoms with van der Waals surface area (Å²) in [5, 5.41) is 12.3. The molecule has 0 radical (unpaired) electrons. The largest absolute Gasteiger partial charge is 0.489 e. The van der Waals surface area contributed by atoms with E-state index in [9.17, 15) is 9.59 Å². The SMILES string of the molecule is O=C(O)c1cccc2c1OCCN2C(=O)CNC1CC1. The van der Waals surface area contributed by atoms with E-state index in [0.29, 0.717) is 24.9 Å². The zero-order chi connectivity index (χ0) is 14.1. The zero-order valence-electron chi connectivity index (χ0n) is 11.0. The monoisotopic (exact) mass is 276 g/mol. The number of aromatic carboxylic acids is 1. The Morgan fingerprint density at radius 3 is 2.90 bits per heavy atom. The van der Waals surface area contributed by atoms with Crippen molar-refractivity contribution in [1.82, 2.24) is 5.32 Å². The maximum Gasteiger partial charge on any atom is 0.339 e. The minimum Gasteiger partial charge on any atom is -0.489 e. The number of carboxylic acids is 1. The van der Waals surface area contributed by atoms with Crippen LogP contribution in [0.1, 0.15) is 23.2 Å². The molecule has 1 amide bonds. The Bertz CT molecular complexity index is 554. The Balaban J connectivity index is 1.83. The topological polar surface area (TPSA) is 78.9 Å². The fourth-order valence-electron chi connectivity index (χ4n) is 2.29. The quantitative estimate of drug-likeness (QED) is 0.853. The van der Waals surface area contributed by atoms with Crippen LogP contribution in [0.15, 0.2) is 18.2 Å². The summed E-state index contributed by atoms with van der Waals surface area (Å²) in [4.78, 5) is 25.0. The van der Waals surface area contributed by atoms with Crippen LogP contribution in [0, 0.1) is 0 Å². The predicted molar refractivity (Wildman–Crippen MR) is 72.3 cm³/mol. The van der Waals surface area contributed by atoms with Crippen LogP contribution in [0.3, 0.4) is 0 Å². The lowest BCUT2D eigenvalue weighted by atomic mass is 10.1. The molecule has 1 saturated carbocycles. The summed E-state index contributed by atoms with van der Waals surface area (Å²) < 4.78 is 5.44. The van der Waals surface area contributed by atoms with Gasteiger partial charge in [-0.25, -0.2) is 4.79 Å². The molecule has 1 fully saturated rings. The molecule has 6 nitrogen and oxygen atoms in total. The summed E-state index contributed by atoms with van der Waals surface area (Å²) in [5.41, 5.74) is 0.633. The minimum atomic E-state index is -1.05. The third kappa shape index (κ3) is 2.46. The van der Waals surface area contributed by atoms with Gasteiger partial charge in [0, 0.05) is 6.04 Å². The Kier molecular flexibility index (Phi) is 3.31. The number of carbonyl (C=O) groups excluding carboxylic acids is 1. The van der Waals surface area contributed by atoms with Crippen LogP contribution in [-0.4, -0.2) is 42.7 Å². The molecule has 0 spiro atoms. The molecule has 0 saturated heterocycles. The molecule has 3 rings (SSSR count). The second-order valence-electron chi connectivity index (χ2n) is 5.01. The van der Waals surface area contributed by atoms with Crippen molar-refractivity contribution in [2.45, 2.75) is 18.9 Å². The number of amides is 1. The number of carboxylic acid groups (broad SMARTS) is 1. The van der Waals surface area contributed by atoms with E-state index in [1.807, 2.05) is 0 Å². The molecule has 0 atom stereocenters. The molecule has 0 bridgehead atoms. The van der Waals surface area contributed by atoms with Crippen molar-refractivity contribution in [3.8, 4) is 5.75 Å². The zero-order valence-corrected chi connectivity index (χ0v) is 11.0. The molecule has 1 aromatic rings. The van der Waals surface area contributed by atoms with Crippen molar-refractivity contribution < 1.29 is 19.4 Å². The van der Waals surface area contributed by atoms with Crippen molar-refractivity contribution >= 4 is 17.6 Å². The Morgan fingerprint density at radius 1 is 1.40 bits per heavy atom. The Morgan fingerprint density at radius 2 is 2.20 bits per heavy atom. The average molecular weight is 276 g/mol. The summed E-state index contributed by atoms with van der Waals surface area (Å²) in [7, 11) is 0. The molecule has 0 aromatic heterocycles. The van der Waals surface area contributed by atoms with Crippen molar-refractivity contribution in [2.75, 3.05) is 24.6 Å². The van der Waals surface area contributed by atoms with Crippen LogP contribution in [0.2, 0.25) is 0 Å². The number of carbonyl (C=O) groups is 2. The lowest BCUT2D eigenvalue weighted by molar-refractivity contribution is -0.118. The van der Waals surface area contributed by atoms with Gasteiger partial charge in [0.15, 0.2) is 5.75 Å². The van der Waals surface area contributed by atoms with E-state index in [-0.39, 0.29) is 23.8 Å². The molecule has 6 heteroatoms. The molecule has 1 aliphatic carbocycles. The number of fused-ring (bicyclic) bond motifs is 1. The van der Waals surface area contributed by atoms with Gasteiger partial charge in [-0.15, -0.1) is 0 Å². The minimum absolute atomic E-state index is 0.0519. The number of para-hydroxylation sites is 1. The number of anilines is 1. The van der Waals surface area contributed by atoms with E-state index in [1.54, 1.807) is 17.0 Å². The smallest absolute Gasteiger partial charge is 0.339 e. The second kappa shape index (κ2) is 5.13. The van der Waals surface area contributed by atoms with Gasteiger partial charge < -0.3 is 20.1 Å². The molecule has 20 heavy (non-hydrogen) atoms. The maximum atomic E-state index is 12.2. The van der Waals surface area contributed by atoms with E-state index in [4.69, 9.17) is 9.84 Å². The first-order chi connectivity index (χ1) is 9.66. The van der Waals surface area contributed by atoms with Crippen LogP contribution in [0.4, 0.5) is 5.69 Å². The Hall–Kier alpha value is -2.08. The van der Waals surface area contributed by atoms with Crippen molar-refractivity contribution in [3.05, 3.63) is 23.8 Å². The van der Waals surface area contributed by atoms with Crippen molar-refractivity contribution in [2.24, 2.45) is 0 Å². The van der Waals surface area contributed by atoms with Gasteiger partial charge in [0.2, 0.25) is 5.91 Å². The Labute approximate surface area is 116 Å². The maximum absolute atomic E-state index is 12.2. The van der Waals surface area contributed by atoms with Crippen LogP contribution in [-0.2, 0) is 4.79 Å². The number of nitrogens with one attached hydrogen (secondary N) is 1. The third-order valence-electron chi connectivity index (χ3n) is 3.50. The van der Waals surface area contributed by atoms with Gasteiger partial charge in [0.25, 0.3) is 0 Å². The number of hydrogen-bond donors (Lipinski definition) is 2. The predicted octanol–water partition coefficient (Wildman–Crippen LogP) is 0.862. The highest BCUT2D eigenvalue weighted by atomic mass is 16.5. The van der Waals surface area contributed by atoms with Gasteiger partial charge in [-0.05, 0) is 25.0 Å². The van der Waals surface area contributed by atoms with Crippen molar-refractivity contribution in [3.63, 3.8) is 0 Å². The van der Waals surface area contributed by atoms with Gasteiger partial charge >= 0.3 is 5.97 Å². The van der Waals surface area contributed by atoms with Gasteiger partial charge in [-0.3, -0.25) is 4.79 Å². The normalized spacial score (nSPS) is 17.3. The lowest BCUT2D eigenvalue weighted by Gasteiger charge is -2.30. The standard InChI is InChI=1S/C14H16N2O4/c17-12(8-15-9-4-5-9)16-6-7-20-13-10(14(18)19)2-1-3-11(13)16/h1-3,9,15H,4-8H2,(H,18,19). The first-order valence-corrected chi connectivity index (χ1v) is 6.69. The molecule has 0 unspecified atom stereocenters. The second-order valence-corrected chi connectivity index (χ2v) is 5.01. The highest BCUT2D eigenvalue weighted by Gasteiger charge is 2.28. The molecule has 1 aromatic carbocycles. The molecule has 2 N–H and O–H groups in total. The first-order valence-electron chi connectivity index (χ1n) is 6.69. The molecule has 1 heterocycles. The van der Waals surface area contributed by atoms with Gasteiger partial charge in [-0.1, -0.05) is 6.07 Å². The van der Waals surface area contributed by atoms with E-state index < -0.39 is 5.97 Å². The number of ether oxygens (including phenoxy) is 1. The van der Waals surface area contributed by atoms with E-state index >= 15 is 0 Å². The van der Waals surface area contributed by atoms with Gasteiger partial charge in [0.05, 0.1) is 18.8 Å². The number of rotatable bonds is 4. The van der Waals surface area contributed by atoms with E-state index in [2.05, 4.69) is 5.32 Å². The molecular weight excluding hydrogens is 260 g/mol. The molecule has 1 aliphatic heterocycles. The van der Waals surface area contributed by atoms with E-state index in [0.717, 1.165) is 12.8 Å². The molecule has 2 aliphatic rings. The summed E-state index contributed by atoms with van der Waals surface area (Å²) in [6, 6.07) is 5.30. The summed E-state index contributed by atoms with van der Waals surface area (Å²) in [5.74, 6) is -0.817. The molecular formula is C14H16N2O4. The van der Waals surface area contributed by atoms with E-state index in [1.165, 1.54) is 6.07 Å². The summed E-state index contributed by atoms with van der Waals surface area (Å²) in [6.07, 6.45) is 2.24. The van der Waals surface area contributed by atoms with Crippen LogP contribution < -0.4 is 15.0 Å². The van der Waals surface area contributed by atoms with Crippen LogP contribution in [0.5, 0.6) is 5.75 Å². The number of benzene rings is 1. The fourth-order valence-corrected chi connectivity index (χ4v) is 2.29. The number of nitrogens with zero attached hydrogens (tertiary/aromatic N) is 1. The van der Waals surface area contributed by atoms with Gasteiger partial charge in [-0.2, -0.15) is 0 Å². The van der Waals surface area contributed by atoms with Crippen LogP contribution in [0.25, 0.3) is 0 Å². The summed E-state index contributed by atoms with van der Waals surface area (Å²) in [6.45, 7) is 1.04. The highest BCUT2D eigenvalue weighted by Crippen LogP contribution is 2.35. The van der Waals surface area contributed by atoms with Crippen LogP contribution >= 0.6 is 0 Å². The average Bonchev–Trinajstić information content (AvgIpc) is 3.27. The lowest BCUT2D eigenvalue weighted by Crippen LogP contribution is -2.43. The third-order valence-corrected chi connectivity index (χ3v) is 3.50. The summed E-state index contributed by atoms with van der Waals surface area (Å²) >= 11 is 0. The van der Waals surface area contributed by atoms with Gasteiger partial charge in [0.1, 0.15) is 12.2 Å².